The quantitative estimate of drug-likeness (QED) is 0.805. The predicted octanol–water partition coefficient (Wildman–Crippen LogP) is 2.51. The zero-order valence-corrected chi connectivity index (χ0v) is 8.47. The van der Waals surface area contributed by atoms with Gasteiger partial charge in [0.25, 0.3) is 6.43 Å². The number of anilines is 1. The first-order valence-corrected chi connectivity index (χ1v) is 4.30. The summed E-state index contributed by atoms with van der Waals surface area (Å²) in [5.41, 5.74) is 5.66. The highest BCUT2D eigenvalue weighted by molar-refractivity contribution is 14.1. The van der Waals surface area contributed by atoms with Gasteiger partial charge in [0.2, 0.25) is 0 Å². The molecule has 0 aromatic carbocycles. The molecule has 1 heterocycles. The summed E-state index contributed by atoms with van der Waals surface area (Å²) >= 11 is 1.95. The summed E-state index contributed by atoms with van der Waals surface area (Å²) in [6.45, 7) is 1.61. The number of aromatic nitrogens is 1. The maximum Gasteiger partial charge on any atom is 0.267 e. The summed E-state index contributed by atoms with van der Waals surface area (Å²) in [6.07, 6.45) is -1.07. The summed E-state index contributed by atoms with van der Waals surface area (Å²) in [6, 6.07) is 0. The Labute approximate surface area is 82.3 Å². The summed E-state index contributed by atoms with van der Waals surface area (Å²) in [4.78, 5) is 3.65. The van der Waals surface area contributed by atoms with Crippen molar-refractivity contribution < 1.29 is 8.78 Å². The van der Waals surface area contributed by atoms with E-state index in [2.05, 4.69) is 4.98 Å². The van der Waals surface area contributed by atoms with Crippen LogP contribution in [0.1, 0.15) is 17.6 Å². The number of alkyl halides is 2. The minimum Gasteiger partial charge on any atom is -0.383 e. The summed E-state index contributed by atoms with van der Waals surface area (Å²) in [7, 11) is 0. The van der Waals surface area contributed by atoms with E-state index in [1.807, 2.05) is 22.6 Å². The van der Waals surface area contributed by atoms with Crippen molar-refractivity contribution in [3.8, 4) is 0 Å². The van der Waals surface area contributed by atoms with Crippen LogP contribution in [-0.2, 0) is 0 Å². The monoisotopic (exact) mass is 284 g/mol. The van der Waals surface area contributed by atoms with Gasteiger partial charge < -0.3 is 5.73 Å². The van der Waals surface area contributed by atoms with Crippen LogP contribution < -0.4 is 5.73 Å². The lowest BCUT2D eigenvalue weighted by Gasteiger charge is -2.08. The Morgan fingerprint density at radius 1 is 1.58 bits per heavy atom. The molecule has 0 radical (unpaired) electrons. The first-order chi connectivity index (χ1) is 5.54. The normalized spacial score (nSPS) is 10.8. The molecule has 5 heteroatoms. The highest BCUT2D eigenvalue weighted by Gasteiger charge is 2.16. The Balaban J connectivity index is 3.33. The molecule has 0 bridgehead atoms. The number of nitrogens with two attached hydrogens (primary N) is 1. The number of nitrogens with zero attached hydrogens (tertiary/aromatic N) is 1. The smallest absolute Gasteiger partial charge is 0.267 e. The first-order valence-electron chi connectivity index (χ1n) is 3.22. The second kappa shape index (κ2) is 3.51. The van der Waals surface area contributed by atoms with Crippen LogP contribution >= 0.6 is 22.6 Å². The number of pyridine rings is 1. The molecule has 0 saturated carbocycles. The minimum atomic E-state index is -2.55. The van der Waals surface area contributed by atoms with Crippen molar-refractivity contribution in [2.75, 3.05) is 5.73 Å². The largest absolute Gasteiger partial charge is 0.383 e. The fourth-order valence-electron chi connectivity index (χ4n) is 0.889. The molecule has 0 unspecified atom stereocenters. The second-order valence-electron chi connectivity index (χ2n) is 2.33. The van der Waals surface area contributed by atoms with Gasteiger partial charge in [0, 0.05) is 9.77 Å². The number of nitrogen functional groups attached to an aromatic ring is 1. The van der Waals surface area contributed by atoms with Crippen molar-refractivity contribution in [2.24, 2.45) is 0 Å². The topological polar surface area (TPSA) is 38.9 Å². The molecule has 66 valence electrons. The zero-order valence-electron chi connectivity index (χ0n) is 6.31. The Morgan fingerprint density at radius 3 is 2.58 bits per heavy atom. The van der Waals surface area contributed by atoms with Crippen LogP contribution in [0.5, 0.6) is 0 Å². The van der Waals surface area contributed by atoms with E-state index in [0.29, 0.717) is 9.13 Å². The van der Waals surface area contributed by atoms with Gasteiger partial charge in [0.1, 0.15) is 5.82 Å². The van der Waals surface area contributed by atoms with E-state index in [4.69, 9.17) is 5.73 Å². The lowest BCUT2D eigenvalue weighted by atomic mass is 10.1. The van der Waals surface area contributed by atoms with E-state index in [-0.39, 0.29) is 11.4 Å². The maximum atomic E-state index is 12.3. The van der Waals surface area contributed by atoms with E-state index >= 15 is 0 Å². The van der Waals surface area contributed by atoms with Gasteiger partial charge >= 0.3 is 0 Å². The van der Waals surface area contributed by atoms with Crippen molar-refractivity contribution in [1.82, 2.24) is 4.98 Å². The number of hydrogen-bond donors (Lipinski definition) is 1. The molecule has 1 aromatic heterocycles. The van der Waals surface area contributed by atoms with Crippen molar-refractivity contribution in [3.05, 3.63) is 20.9 Å². The lowest BCUT2D eigenvalue weighted by molar-refractivity contribution is 0.151. The van der Waals surface area contributed by atoms with E-state index < -0.39 is 6.43 Å². The third-order valence-corrected chi connectivity index (χ3v) is 2.66. The SMILES string of the molecule is Cc1c(I)cnc(N)c1C(F)F. The molecule has 0 aliphatic heterocycles. The molecular weight excluding hydrogens is 277 g/mol. The highest BCUT2D eigenvalue weighted by Crippen LogP contribution is 2.29. The fourth-order valence-corrected chi connectivity index (χ4v) is 1.32. The molecular formula is C7H7F2IN2. The average Bonchev–Trinajstić information content (AvgIpc) is 1.97. The molecule has 0 saturated heterocycles. The predicted molar refractivity (Wildman–Crippen MR) is 51.1 cm³/mol. The molecule has 2 N–H and O–H groups in total. The molecule has 0 aliphatic rings. The van der Waals surface area contributed by atoms with E-state index in [0.717, 1.165) is 0 Å². The minimum absolute atomic E-state index is 0.0806. The van der Waals surface area contributed by atoms with E-state index in [9.17, 15) is 8.78 Å². The van der Waals surface area contributed by atoms with Gasteiger partial charge in [-0.2, -0.15) is 0 Å². The molecule has 1 rings (SSSR count). The standard InChI is InChI=1S/C7H7F2IN2/c1-3-4(10)2-12-7(11)5(3)6(8)9/h2,6H,1H3,(H2,11,12). The van der Waals surface area contributed by atoms with Crippen molar-refractivity contribution in [1.29, 1.82) is 0 Å². The molecule has 0 fully saturated rings. The van der Waals surface area contributed by atoms with Crippen LogP contribution in [0.15, 0.2) is 6.20 Å². The highest BCUT2D eigenvalue weighted by atomic mass is 127. The third kappa shape index (κ3) is 1.65. The molecule has 12 heavy (non-hydrogen) atoms. The maximum absolute atomic E-state index is 12.3. The van der Waals surface area contributed by atoms with Gasteiger partial charge in [-0.3, -0.25) is 0 Å². The first kappa shape index (κ1) is 9.63. The summed E-state index contributed by atoms with van der Waals surface area (Å²) in [5, 5.41) is 0. The van der Waals surface area contributed by atoms with Crippen LogP contribution in [-0.4, -0.2) is 4.98 Å². The fraction of sp³-hybridized carbons (Fsp3) is 0.286. The van der Waals surface area contributed by atoms with E-state index in [1.165, 1.54) is 6.20 Å². The van der Waals surface area contributed by atoms with Crippen molar-refractivity contribution in [3.63, 3.8) is 0 Å². The Hall–Kier alpha value is -0.460. The van der Waals surface area contributed by atoms with Crippen molar-refractivity contribution in [2.45, 2.75) is 13.3 Å². The van der Waals surface area contributed by atoms with Gasteiger partial charge in [-0.15, -0.1) is 0 Å². The van der Waals surface area contributed by atoms with Gasteiger partial charge in [-0.05, 0) is 35.1 Å². The average molecular weight is 284 g/mol. The number of rotatable bonds is 1. The molecule has 0 atom stereocenters. The molecule has 0 spiro atoms. The second-order valence-corrected chi connectivity index (χ2v) is 3.49. The van der Waals surface area contributed by atoms with Gasteiger partial charge in [-0.1, -0.05) is 0 Å². The third-order valence-electron chi connectivity index (χ3n) is 1.57. The Kier molecular flexibility index (Phi) is 2.81. The van der Waals surface area contributed by atoms with Crippen LogP contribution in [0.2, 0.25) is 0 Å². The Morgan fingerprint density at radius 2 is 2.17 bits per heavy atom. The van der Waals surface area contributed by atoms with Crippen molar-refractivity contribution >= 4 is 28.4 Å². The molecule has 0 amide bonds. The molecule has 0 aliphatic carbocycles. The van der Waals surface area contributed by atoms with Gasteiger partial charge in [0.15, 0.2) is 0 Å². The van der Waals surface area contributed by atoms with Crippen LogP contribution in [0.25, 0.3) is 0 Å². The lowest BCUT2D eigenvalue weighted by Crippen LogP contribution is -2.02. The summed E-state index contributed by atoms with van der Waals surface area (Å²) < 4.78 is 25.4. The molecule has 1 aromatic rings. The van der Waals surface area contributed by atoms with Crippen LogP contribution in [0, 0.1) is 10.5 Å². The molecule has 2 nitrogen and oxygen atoms in total. The van der Waals surface area contributed by atoms with E-state index in [1.54, 1.807) is 6.92 Å². The van der Waals surface area contributed by atoms with Gasteiger partial charge in [-0.25, -0.2) is 13.8 Å². The number of hydrogen-bond acceptors (Lipinski definition) is 2. The van der Waals surface area contributed by atoms with Crippen LogP contribution in [0.4, 0.5) is 14.6 Å². The van der Waals surface area contributed by atoms with Gasteiger partial charge in [0.05, 0.1) is 5.56 Å². The number of halogens is 3. The summed E-state index contributed by atoms with van der Waals surface area (Å²) in [5.74, 6) is -0.0806. The Bertz CT molecular complexity index is 302. The van der Waals surface area contributed by atoms with Crippen LogP contribution in [0.3, 0.4) is 0 Å². The zero-order chi connectivity index (χ0) is 9.30.